The highest BCUT2D eigenvalue weighted by Gasteiger charge is 2.36. The first-order chi connectivity index (χ1) is 19.6. The molecule has 0 spiro atoms. The van der Waals surface area contributed by atoms with E-state index in [1.807, 2.05) is 69.3 Å². The molecule has 0 aliphatic carbocycles. The number of anilines is 4. The zero-order valence-corrected chi connectivity index (χ0v) is 24.1. The predicted molar refractivity (Wildman–Crippen MR) is 162 cm³/mol. The molecule has 0 radical (unpaired) electrons. The van der Waals surface area contributed by atoms with Gasteiger partial charge in [-0.15, -0.1) is 0 Å². The Labute approximate surface area is 239 Å². The van der Waals surface area contributed by atoms with Gasteiger partial charge in [0, 0.05) is 18.8 Å². The molecule has 4 aromatic rings. The van der Waals surface area contributed by atoms with Gasteiger partial charge >= 0.3 is 0 Å². The standard InChI is InChI=1S/C16H16N4O2.C14H21N3O2/c1-17-15-16(19-12-6-4-3-5-11(12)18-15)20-13-9-10(22-2)7-8-14(13)21;1-13(2,15-4)12(18)17-11-7-5-6-10(8-11)14(3)9-16-19-14/h3-9,21H,1-2H3,(H,17,18)(H,19,20);5-8,15-16H,9H2,1-4H3,(H,17,18). The topological polar surface area (TPSA) is 142 Å². The summed E-state index contributed by atoms with van der Waals surface area (Å²) in [4.78, 5) is 26.5. The van der Waals surface area contributed by atoms with E-state index in [9.17, 15) is 9.90 Å². The summed E-state index contributed by atoms with van der Waals surface area (Å²) in [5.41, 5.74) is 5.78. The van der Waals surface area contributed by atoms with E-state index in [0.29, 0.717) is 23.1 Å². The number of hydrogen-bond acceptors (Lipinski definition) is 10. The smallest absolute Gasteiger partial charge is 0.244 e. The van der Waals surface area contributed by atoms with E-state index in [0.717, 1.165) is 28.8 Å². The molecule has 41 heavy (non-hydrogen) atoms. The van der Waals surface area contributed by atoms with Crippen LogP contribution >= 0.6 is 0 Å². The van der Waals surface area contributed by atoms with Crippen LogP contribution in [0.25, 0.3) is 11.0 Å². The Bertz CT molecular complexity index is 1520. The summed E-state index contributed by atoms with van der Waals surface area (Å²) in [6.07, 6.45) is 0. The number of para-hydroxylation sites is 2. The highest BCUT2D eigenvalue weighted by atomic mass is 16.7. The summed E-state index contributed by atoms with van der Waals surface area (Å²) in [5, 5.41) is 22.0. The van der Waals surface area contributed by atoms with Crippen molar-refractivity contribution in [3.63, 3.8) is 0 Å². The van der Waals surface area contributed by atoms with Crippen LogP contribution in [-0.4, -0.2) is 54.3 Å². The summed E-state index contributed by atoms with van der Waals surface area (Å²) in [6, 6.07) is 20.3. The van der Waals surface area contributed by atoms with Crippen molar-refractivity contribution in [2.45, 2.75) is 31.9 Å². The molecule has 1 aliphatic rings. The zero-order chi connectivity index (χ0) is 29.6. The lowest BCUT2D eigenvalue weighted by Crippen LogP contribution is -2.52. The lowest BCUT2D eigenvalue weighted by Gasteiger charge is -2.39. The van der Waals surface area contributed by atoms with E-state index in [4.69, 9.17) is 9.57 Å². The second kappa shape index (κ2) is 12.4. The normalized spacial score (nSPS) is 16.1. The number of carbonyl (C=O) groups is 1. The van der Waals surface area contributed by atoms with E-state index in [2.05, 4.69) is 36.7 Å². The number of rotatable bonds is 8. The van der Waals surface area contributed by atoms with Crippen LogP contribution in [0.2, 0.25) is 0 Å². The molecular weight excluding hydrogens is 522 g/mol. The van der Waals surface area contributed by atoms with Crippen molar-refractivity contribution >= 4 is 40.0 Å². The average Bonchev–Trinajstić information content (AvgIpc) is 2.97. The number of ether oxygens (including phenoxy) is 1. The third-order valence-corrected chi connectivity index (χ3v) is 6.89. The molecule has 11 heteroatoms. The van der Waals surface area contributed by atoms with E-state index in [1.165, 1.54) is 0 Å². The molecule has 1 saturated heterocycles. The second-order valence-corrected chi connectivity index (χ2v) is 10.2. The van der Waals surface area contributed by atoms with Crippen molar-refractivity contribution in [2.75, 3.05) is 43.7 Å². The molecule has 5 rings (SSSR count). The third kappa shape index (κ3) is 6.83. The molecule has 1 amide bonds. The zero-order valence-electron chi connectivity index (χ0n) is 24.1. The fraction of sp³-hybridized carbons (Fsp3) is 0.300. The van der Waals surface area contributed by atoms with Crippen molar-refractivity contribution in [1.29, 1.82) is 0 Å². The number of phenols is 1. The SMILES string of the molecule is CNC(C)(C)C(=O)Nc1cccc(C2(C)CNO2)c1.CNc1nc2ccccc2nc1Nc1cc(OC)ccc1O. The van der Waals surface area contributed by atoms with Crippen LogP contribution in [0.3, 0.4) is 0 Å². The van der Waals surface area contributed by atoms with Crippen LogP contribution in [-0.2, 0) is 15.2 Å². The quantitative estimate of drug-likeness (QED) is 0.171. The molecule has 6 N–H and O–H groups in total. The number of aromatic hydroxyl groups is 1. The lowest BCUT2D eigenvalue weighted by molar-refractivity contribution is -0.200. The van der Waals surface area contributed by atoms with E-state index < -0.39 is 5.54 Å². The molecule has 0 bridgehead atoms. The second-order valence-electron chi connectivity index (χ2n) is 10.2. The summed E-state index contributed by atoms with van der Waals surface area (Å²) in [5.74, 6) is 1.81. The molecule has 1 unspecified atom stereocenters. The Hall–Kier alpha value is -4.45. The number of hydroxylamine groups is 1. The van der Waals surface area contributed by atoms with Crippen molar-refractivity contribution in [2.24, 2.45) is 0 Å². The monoisotopic (exact) mass is 559 g/mol. The fourth-order valence-corrected chi connectivity index (χ4v) is 3.91. The molecule has 1 aromatic heterocycles. The van der Waals surface area contributed by atoms with Gasteiger partial charge in [0.1, 0.15) is 17.1 Å². The molecular formula is C30H37N7O4. The molecule has 1 atom stereocenters. The number of benzene rings is 3. The Balaban J connectivity index is 0.000000191. The van der Waals surface area contributed by atoms with Crippen LogP contribution in [0, 0.1) is 0 Å². The van der Waals surface area contributed by atoms with Crippen LogP contribution in [0.4, 0.5) is 23.0 Å². The van der Waals surface area contributed by atoms with E-state index in [1.54, 1.807) is 39.4 Å². The van der Waals surface area contributed by atoms with Crippen LogP contribution in [0.5, 0.6) is 11.5 Å². The van der Waals surface area contributed by atoms with Gasteiger partial charge in [0.25, 0.3) is 0 Å². The van der Waals surface area contributed by atoms with Gasteiger partial charge in [0.05, 0.1) is 35.9 Å². The number of fused-ring (bicyclic) bond motifs is 1. The predicted octanol–water partition coefficient (Wildman–Crippen LogP) is 4.50. The summed E-state index contributed by atoms with van der Waals surface area (Å²) in [6.45, 7) is 6.47. The number of nitrogens with one attached hydrogen (secondary N) is 5. The molecule has 216 valence electrons. The van der Waals surface area contributed by atoms with Crippen LogP contribution < -0.4 is 31.5 Å². The Morgan fingerprint density at radius 2 is 1.71 bits per heavy atom. The van der Waals surface area contributed by atoms with Crippen molar-refractivity contribution in [3.05, 3.63) is 72.3 Å². The number of likely N-dealkylation sites (N-methyl/N-ethyl adjacent to an activating group) is 1. The molecule has 11 nitrogen and oxygen atoms in total. The molecule has 3 aromatic carbocycles. The highest BCUT2D eigenvalue weighted by molar-refractivity contribution is 5.97. The number of carbonyl (C=O) groups excluding carboxylic acids is 1. The summed E-state index contributed by atoms with van der Waals surface area (Å²) < 4.78 is 5.17. The lowest BCUT2D eigenvalue weighted by atomic mass is 9.94. The van der Waals surface area contributed by atoms with Gasteiger partial charge in [-0.2, -0.15) is 5.48 Å². The van der Waals surface area contributed by atoms with Gasteiger partial charge in [0.15, 0.2) is 11.6 Å². The maximum Gasteiger partial charge on any atom is 0.244 e. The minimum atomic E-state index is -0.603. The van der Waals surface area contributed by atoms with Gasteiger partial charge in [-0.3, -0.25) is 9.63 Å². The van der Waals surface area contributed by atoms with Crippen molar-refractivity contribution in [3.8, 4) is 11.5 Å². The number of amides is 1. The first kappa shape index (κ1) is 29.5. The van der Waals surface area contributed by atoms with E-state index >= 15 is 0 Å². The number of aromatic nitrogens is 2. The Kier molecular flexibility index (Phi) is 8.92. The first-order valence-corrected chi connectivity index (χ1v) is 13.2. The highest BCUT2D eigenvalue weighted by Crippen LogP contribution is 2.33. The third-order valence-electron chi connectivity index (χ3n) is 6.89. The number of hydrogen-bond donors (Lipinski definition) is 6. The first-order valence-electron chi connectivity index (χ1n) is 13.2. The van der Waals surface area contributed by atoms with Crippen LogP contribution in [0.1, 0.15) is 26.3 Å². The van der Waals surface area contributed by atoms with Gasteiger partial charge in [-0.05, 0) is 69.8 Å². The number of nitrogens with zero attached hydrogens (tertiary/aromatic N) is 2. The Morgan fingerprint density at radius 1 is 1.02 bits per heavy atom. The maximum atomic E-state index is 12.1. The number of phenolic OH excluding ortho intramolecular Hbond substituents is 1. The fourth-order valence-electron chi connectivity index (χ4n) is 3.91. The van der Waals surface area contributed by atoms with Crippen molar-refractivity contribution < 1.29 is 19.5 Å². The van der Waals surface area contributed by atoms with Gasteiger partial charge in [-0.1, -0.05) is 24.3 Å². The minimum absolute atomic E-state index is 0.0649. The Morgan fingerprint density at radius 3 is 2.29 bits per heavy atom. The molecule has 2 heterocycles. The van der Waals surface area contributed by atoms with Gasteiger partial charge < -0.3 is 31.1 Å². The molecule has 0 saturated carbocycles. The van der Waals surface area contributed by atoms with Gasteiger partial charge in [-0.25, -0.2) is 9.97 Å². The minimum Gasteiger partial charge on any atom is -0.506 e. The van der Waals surface area contributed by atoms with Crippen LogP contribution in [0.15, 0.2) is 66.7 Å². The van der Waals surface area contributed by atoms with Crippen molar-refractivity contribution in [1.82, 2.24) is 20.8 Å². The number of methoxy groups -OCH3 is 1. The van der Waals surface area contributed by atoms with E-state index in [-0.39, 0.29) is 17.3 Å². The van der Waals surface area contributed by atoms with Gasteiger partial charge in [0.2, 0.25) is 5.91 Å². The maximum absolute atomic E-state index is 12.1. The average molecular weight is 560 g/mol. The summed E-state index contributed by atoms with van der Waals surface area (Å²) in [7, 11) is 5.12. The largest absolute Gasteiger partial charge is 0.506 e. The molecule has 1 fully saturated rings. The summed E-state index contributed by atoms with van der Waals surface area (Å²) >= 11 is 0. The molecule has 1 aliphatic heterocycles.